The van der Waals surface area contributed by atoms with Gasteiger partial charge in [-0.1, -0.05) is 132 Å². The van der Waals surface area contributed by atoms with Crippen LogP contribution in [0.15, 0.2) is 158 Å². The van der Waals surface area contributed by atoms with Crippen LogP contribution in [-0.2, 0) is 10.8 Å². The molecule has 326 valence electrons. The second-order valence-corrected chi connectivity index (χ2v) is 23.4. The monoisotopic (exact) mass is 901 g/mol. The fraction of sp³-hybridized carbons (Fsp3) is 0.213. The van der Waals surface area contributed by atoms with Crippen LogP contribution in [0.3, 0.4) is 0 Å². The van der Waals surface area contributed by atoms with Gasteiger partial charge in [-0.05, 0) is 132 Å². The van der Waals surface area contributed by atoms with Crippen molar-refractivity contribution in [1.29, 1.82) is 0 Å². The first-order valence-electron chi connectivity index (χ1n) is 24.2. The molecule has 2 aromatic heterocycles. The third-order valence-electron chi connectivity index (χ3n) is 16.6. The quantitative estimate of drug-likeness (QED) is 0.164. The van der Waals surface area contributed by atoms with Crippen molar-refractivity contribution >= 4 is 132 Å². The molecule has 1 fully saturated rings. The predicted octanol–water partition coefficient (Wildman–Crippen LogP) is 15.9. The van der Waals surface area contributed by atoms with Crippen LogP contribution in [0, 0.1) is 6.92 Å². The minimum absolute atomic E-state index is 0.0248. The van der Waals surface area contributed by atoms with Gasteiger partial charge >= 0.3 is 0 Å². The number of rotatable bonds is 3. The largest absolute Gasteiger partial charge is 0.334 e. The summed E-state index contributed by atoms with van der Waals surface area (Å²) >= 11 is 3.82. The molecule has 0 radical (unpaired) electrons. The number of para-hydroxylation sites is 1. The molecule has 3 aliphatic heterocycles. The summed E-state index contributed by atoms with van der Waals surface area (Å²) in [6, 6.07) is 61.3. The second-order valence-electron chi connectivity index (χ2n) is 21.3. The molecule has 0 saturated heterocycles. The fourth-order valence-corrected chi connectivity index (χ4v) is 15.5. The zero-order valence-corrected chi connectivity index (χ0v) is 40.7. The zero-order valence-electron chi connectivity index (χ0n) is 39.1. The van der Waals surface area contributed by atoms with Crippen LogP contribution in [-0.4, -0.2) is 12.3 Å². The molecule has 0 bridgehead atoms. The molecule has 5 heterocycles. The van der Waals surface area contributed by atoms with E-state index in [4.69, 9.17) is 0 Å². The van der Waals surface area contributed by atoms with Crippen molar-refractivity contribution in [3.63, 3.8) is 0 Å². The minimum Gasteiger partial charge on any atom is -0.334 e. The highest BCUT2D eigenvalue weighted by molar-refractivity contribution is 7.26. The van der Waals surface area contributed by atoms with E-state index in [1.165, 1.54) is 145 Å². The minimum atomic E-state index is -0.0490. The van der Waals surface area contributed by atoms with E-state index in [0.717, 1.165) is 0 Å². The number of benzene rings is 8. The first-order valence-corrected chi connectivity index (χ1v) is 25.9. The van der Waals surface area contributed by atoms with Crippen LogP contribution in [0.5, 0.6) is 0 Å². The Morgan fingerprint density at radius 3 is 1.94 bits per heavy atom. The van der Waals surface area contributed by atoms with Gasteiger partial charge in [-0.3, -0.25) is 0 Å². The molecule has 14 rings (SSSR count). The Morgan fingerprint density at radius 1 is 0.507 bits per heavy atom. The standard InChI is InChI=1S/C61H52BN3S2/c1-37-32-52-57-53(33-37)64(49-21-15-18-44-42-17-8-12-23-55(42)67-58(44)49)51-35-40(65-48-20-10-9-19-45(48)60(5)30-13-14-31-61(60,65)6)26-29-47(51)62(57)46-28-24-38(59(2,3)4)34-50(46)63(52)39-25-27-43-41-16-7-11-22-54(41)66-56(43)36-39/h7-12,15-29,32-36H,13-14,30-31H2,1-6H3. The Bertz CT molecular complexity index is 3740. The molecule has 2 atom stereocenters. The molecular weight excluding hydrogens is 850 g/mol. The van der Waals surface area contributed by atoms with Gasteiger partial charge in [0.1, 0.15) is 0 Å². The summed E-state index contributed by atoms with van der Waals surface area (Å²) in [7, 11) is 0. The van der Waals surface area contributed by atoms with Gasteiger partial charge in [0.15, 0.2) is 0 Å². The molecule has 67 heavy (non-hydrogen) atoms. The molecule has 3 nitrogen and oxygen atoms in total. The lowest BCUT2D eigenvalue weighted by molar-refractivity contribution is 0.195. The van der Waals surface area contributed by atoms with Gasteiger partial charge in [0.05, 0.1) is 15.9 Å². The van der Waals surface area contributed by atoms with E-state index in [1.807, 2.05) is 22.7 Å². The Labute approximate surface area is 402 Å². The van der Waals surface area contributed by atoms with Crippen molar-refractivity contribution < 1.29 is 0 Å². The molecular formula is C61H52BN3S2. The number of aryl methyl sites for hydroxylation is 1. The van der Waals surface area contributed by atoms with E-state index < -0.39 is 0 Å². The highest BCUT2D eigenvalue weighted by Gasteiger charge is 2.58. The lowest BCUT2D eigenvalue weighted by atomic mass is 9.33. The van der Waals surface area contributed by atoms with Crippen LogP contribution in [0.2, 0.25) is 0 Å². The Morgan fingerprint density at radius 2 is 1.13 bits per heavy atom. The van der Waals surface area contributed by atoms with Gasteiger partial charge in [0, 0.05) is 80.9 Å². The van der Waals surface area contributed by atoms with Gasteiger partial charge in [0.2, 0.25) is 0 Å². The Kier molecular flexibility index (Phi) is 8.24. The summed E-state index contributed by atoms with van der Waals surface area (Å²) < 4.78 is 5.30. The molecule has 0 amide bonds. The van der Waals surface area contributed by atoms with E-state index in [9.17, 15) is 0 Å². The summed E-state index contributed by atoms with van der Waals surface area (Å²) in [5.41, 5.74) is 18.3. The zero-order chi connectivity index (χ0) is 45.1. The molecule has 4 aliphatic rings. The van der Waals surface area contributed by atoms with Gasteiger partial charge in [-0.25, -0.2) is 0 Å². The normalized spacial score (nSPS) is 19.6. The van der Waals surface area contributed by atoms with Crippen LogP contribution in [0.4, 0.5) is 45.5 Å². The lowest BCUT2D eigenvalue weighted by Gasteiger charge is -2.50. The van der Waals surface area contributed by atoms with Crippen molar-refractivity contribution in [3.8, 4) is 0 Å². The maximum Gasteiger partial charge on any atom is 0.252 e. The molecule has 1 aliphatic carbocycles. The summed E-state index contributed by atoms with van der Waals surface area (Å²) in [5.74, 6) is 0. The summed E-state index contributed by atoms with van der Waals surface area (Å²) in [6.45, 7) is 14.5. The van der Waals surface area contributed by atoms with Crippen molar-refractivity contribution in [2.24, 2.45) is 0 Å². The van der Waals surface area contributed by atoms with E-state index in [2.05, 4.69) is 214 Å². The third kappa shape index (κ3) is 5.40. The fourth-order valence-electron chi connectivity index (χ4n) is 13.1. The second kappa shape index (κ2) is 13.9. The average Bonchev–Trinajstić information content (AvgIpc) is 3.96. The highest BCUT2D eigenvalue weighted by atomic mass is 32.1. The molecule has 0 N–H and O–H groups in total. The van der Waals surface area contributed by atoms with Crippen molar-refractivity contribution in [3.05, 3.63) is 174 Å². The molecule has 2 unspecified atom stereocenters. The number of hydrogen-bond donors (Lipinski definition) is 0. The molecule has 8 aromatic carbocycles. The lowest BCUT2D eigenvalue weighted by Crippen LogP contribution is -2.61. The maximum absolute atomic E-state index is 2.76. The number of hydrogen-bond acceptors (Lipinski definition) is 5. The first kappa shape index (κ1) is 39.8. The third-order valence-corrected chi connectivity index (χ3v) is 18.9. The van der Waals surface area contributed by atoms with E-state index in [1.54, 1.807) is 0 Å². The van der Waals surface area contributed by atoms with Crippen molar-refractivity contribution in [2.75, 3.05) is 14.7 Å². The van der Waals surface area contributed by atoms with Gasteiger partial charge in [-0.15, -0.1) is 22.7 Å². The smallest absolute Gasteiger partial charge is 0.252 e. The van der Waals surface area contributed by atoms with E-state index >= 15 is 0 Å². The first-order chi connectivity index (χ1) is 32.5. The topological polar surface area (TPSA) is 9.72 Å². The number of anilines is 8. The van der Waals surface area contributed by atoms with Crippen molar-refractivity contribution in [1.82, 2.24) is 0 Å². The van der Waals surface area contributed by atoms with Crippen LogP contribution < -0.4 is 31.1 Å². The summed E-state index contributed by atoms with van der Waals surface area (Å²) in [6.07, 6.45) is 4.90. The van der Waals surface area contributed by atoms with Gasteiger partial charge < -0.3 is 14.7 Å². The molecule has 0 spiro atoms. The van der Waals surface area contributed by atoms with Gasteiger partial charge in [-0.2, -0.15) is 0 Å². The van der Waals surface area contributed by atoms with Crippen molar-refractivity contribution in [2.45, 2.75) is 83.6 Å². The van der Waals surface area contributed by atoms with Crippen LogP contribution >= 0.6 is 22.7 Å². The number of nitrogens with zero attached hydrogens (tertiary/aromatic N) is 3. The molecule has 6 heteroatoms. The Hall–Kier alpha value is -6.34. The predicted molar refractivity (Wildman–Crippen MR) is 292 cm³/mol. The SMILES string of the molecule is Cc1cc2c3c(c1)N(c1cccc4c1sc1ccccc14)c1cc(N4c5ccccc5C5(C)CCCCC45C)ccc1B3c1ccc(C(C)(C)C)cc1N2c1ccc2c(c1)sc1ccccc12. The van der Waals surface area contributed by atoms with E-state index in [-0.39, 0.29) is 23.1 Å². The molecule has 1 saturated carbocycles. The maximum atomic E-state index is 2.76. The summed E-state index contributed by atoms with van der Waals surface area (Å²) in [5, 5.41) is 5.29. The summed E-state index contributed by atoms with van der Waals surface area (Å²) in [4.78, 5) is 8.04. The number of thiophene rings is 2. The van der Waals surface area contributed by atoms with E-state index in [0.29, 0.717) is 0 Å². The van der Waals surface area contributed by atoms with Crippen LogP contribution in [0.25, 0.3) is 40.3 Å². The number of fused-ring (bicyclic) bond motifs is 13. The van der Waals surface area contributed by atoms with Crippen LogP contribution in [0.1, 0.15) is 77.0 Å². The Balaban J connectivity index is 1.07. The highest BCUT2D eigenvalue weighted by Crippen LogP contribution is 2.61. The average molecular weight is 902 g/mol. The molecule has 10 aromatic rings. The van der Waals surface area contributed by atoms with Gasteiger partial charge in [0.25, 0.3) is 6.71 Å².